The number of aryl methyl sites for hydroxylation is 1. The summed E-state index contributed by atoms with van der Waals surface area (Å²) in [5.41, 5.74) is 2.69. The molecule has 3 aromatic rings. The Morgan fingerprint density at radius 1 is 1.02 bits per heavy atom. The molecule has 40 heavy (non-hydrogen) atoms. The van der Waals surface area contributed by atoms with Crippen molar-refractivity contribution in [2.24, 2.45) is 5.92 Å². The molecule has 2 amide bonds. The number of anilines is 1. The normalized spacial score (nSPS) is 12.3. The van der Waals surface area contributed by atoms with E-state index in [0.717, 1.165) is 18.4 Å². The Kier molecular flexibility index (Phi) is 10.5. The molecular weight excluding hydrogens is 528 g/mol. The SMILES string of the molecule is CCCCC(=O)N(Cc1ccc(-c2ccccc2S(=O)(=O)Nc2noc(C)c2C)cc1)[C@H](C(=O)NCC)C(C)C. The summed E-state index contributed by atoms with van der Waals surface area (Å²) >= 11 is 0. The number of nitrogens with zero attached hydrogens (tertiary/aromatic N) is 2. The molecule has 10 heteroatoms. The van der Waals surface area contributed by atoms with Gasteiger partial charge in [-0.15, -0.1) is 0 Å². The summed E-state index contributed by atoms with van der Waals surface area (Å²) in [7, 11) is -3.96. The van der Waals surface area contributed by atoms with Crippen molar-refractivity contribution >= 4 is 27.7 Å². The highest BCUT2D eigenvalue weighted by atomic mass is 32.2. The zero-order valence-corrected chi connectivity index (χ0v) is 25.0. The van der Waals surface area contributed by atoms with Gasteiger partial charge in [0.1, 0.15) is 11.8 Å². The van der Waals surface area contributed by atoms with E-state index in [2.05, 4.69) is 15.2 Å². The van der Waals surface area contributed by atoms with E-state index in [-0.39, 0.29) is 35.0 Å². The van der Waals surface area contributed by atoms with Gasteiger partial charge in [-0.25, -0.2) is 8.42 Å². The average Bonchev–Trinajstić information content (AvgIpc) is 3.23. The molecule has 1 aromatic heterocycles. The summed E-state index contributed by atoms with van der Waals surface area (Å²) < 4.78 is 34.3. The molecule has 0 saturated carbocycles. The Hall–Kier alpha value is -3.66. The van der Waals surface area contributed by atoms with Crippen LogP contribution in [0.2, 0.25) is 0 Å². The number of carbonyl (C=O) groups excluding carboxylic acids is 2. The topological polar surface area (TPSA) is 122 Å². The van der Waals surface area contributed by atoms with Crippen LogP contribution in [-0.2, 0) is 26.2 Å². The molecule has 0 unspecified atom stereocenters. The number of hydrogen-bond acceptors (Lipinski definition) is 6. The largest absolute Gasteiger partial charge is 0.359 e. The molecule has 0 bridgehead atoms. The third-order valence-corrected chi connectivity index (χ3v) is 8.23. The van der Waals surface area contributed by atoms with Gasteiger partial charge in [0.2, 0.25) is 11.8 Å². The van der Waals surface area contributed by atoms with Gasteiger partial charge in [-0.2, -0.15) is 0 Å². The molecule has 9 nitrogen and oxygen atoms in total. The van der Waals surface area contributed by atoms with Gasteiger partial charge >= 0.3 is 0 Å². The van der Waals surface area contributed by atoms with E-state index < -0.39 is 16.1 Å². The molecule has 1 heterocycles. The van der Waals surface area contributed by atoms with Crippen molar-refractivity contribution in [3.63, 3.8) is 0 Å². The fourth-order valence-electron chi connectivity index (χ4n) is 4.52. The second-order valence-electron chi connectivity index (χ2n) is 10.2. The minimum atomic E-state index is -3.96. The van der Waals surface area contributed by atoms with Crippen molar-refractivity contribution < 1.29 is 22.5 Å². The minimum Gasteiger partial charge on any atom is -0.359 e. The van der Waals surface area contributed by atoms with Crippen LogP contribution in [-0.4, -0.2) is 42.9 Å². The molecule has 216 valence electrons. The van der Waals surface area contributed by atoms with Crippen LogP contribution < -0.4 is 10.0 Å². The molecule has 0 spiro atoms. The van der Waals surface area contributed by atoms with Gasteiger partial charge in [-0.05, 0) is 50.3 Å². The molecule has 0 aliphatic heterocycles. The highest BCUT2D eigenvalue weighted by Gasteiger charge is 2.32. The van der Waals surface area contributed by atoms with E-state index in [1.807, 2.05) is 52.0 Å². The zero-order valence-electron chi connectivity index (χ0n) is 24.2. The van der Waals surface area contributed by atoms with Gasteiger partial charge in [0.25, 0.3) is 10.0 Å². The van der Waals surface area contributed by atoms with Crippen LogP contribution in [0.25, 0.3) is 11.1 Å². The summed E-state index contributed by atoms with van der Waals surface area (Å²) in [6, 6.07) is 13.5. The Bertz CT molecular complexity index is 1410. The van der Waals surface area contributed by atoms with Crippen molar-refractivity contribution in [3.05, 3.63) is 65.4 Å². The first-order chi connectivity index (χ1) is 19.0. The van der Waals surface area contributed by atoms with Crippen LogP contribution in [0.15, 0.2) is 57.9 Å². The number of rotatable bonds is 13. The number of nitrogens with one attached hydrogen (secondary N) is 2. The molecule has 2 aromatic carbocycles. The fourth-order valence-corrected chi connectivity index (χ4v) is 5.81. The zero-order chi connectivity index (χ0) is 29.4. The quantitative estimate of drug-likeness (QED) is 0.283. The number of hydrogen-bond donors (Lipinski definition) is 2. The van der Waals surface area contributed by atoms with Gasteiger partial charge < -0.3 is 14.7 Å². The van der Waals surface area contributed by atoms with Crippen molar-refractivity contribution in [3.8, 4) is 11.1 Å². The third kappa shape index (κ3) is 7.29. The van der Waals surface area contributed by atoms with E-state index in [0.29, 0.717) is 35.4 Å². The summed E-state index contributed by atoms with van der Waals surface area (Å²) in [4.78, 5) is 28.0. The minimum absolute atomic E-state index is 0.0585. The van der Waals surface area contributed by atoms with Crippen molar-refractivity contribution in [1.82, 2.24) is 15.4 Å². The molecule has 0 aliphatic rings. The smallest absolute Gasteiger partial charge is 0.263 e. The van der Waals surface area contributed by atoms with Crippen molar-refractivity contribution in [2.45, 2.75) is 78.3 Å². The van der Waals surface area contributed by atoms with E-state index in [9.17, 15) is 18.0 Å². The van der Waals surface area contributed by atoms with E-state index in [1.54, 1.807) is 43.0 Å². The van der Waals surface area contributed by atoms with Crippen LogP contribution in [0.3, 0.4) is 0 Å². The third-order valence-electron chi connectivity index (χ3n) is 6.83. The summed E-state index contributed by atoms with van der Waals surface area (Å²) in [5.74, 6) is 0.399. The highest BCUT2D eigenvalue weighted by molar-refractivity contribution is 7.92. The highest BCUT2D eigenvalue weighted by Crippen LogP contribution is 2.30. The fraction of sp³-hybridized carbons (Fsp3) is 0.433. The molecule has 0 radical (unpaired) electrons. The summed E-state index contributed by atoms with van der Waals surface area (Å²) in [6.07, 6.45) is 2.01. The van der Waals surface area contributed by atoms with Crippen LogP contribution in [0.1, 0.15) is 63.8 Å². The standard InChI is InChI=1S/C30H40N4O5S/c1-7-9-14-27(35)34(28(20(3)4)30(36)31-8-2)19-23-15-17-24(18-16-23)25-12-10-11-13-26(25)40(37,38)33-29-21(5)22(6)39-32-29/h10-13,15-18,20,28H,7-9,14,19H2,1-6H3,(H,31,36)(H,32,33)/t28-/m0/s1. The molecule has 0 saturated heterocycles. The maximum atomic E-state index is 13.3. The monoisotopic (exact) mass is 568 g/mol. The van der Waals surface area contributed by atoms with E-state index in [1.165, 1.54) is 0 Å². The molecule has 1 atom stereocenters. The second kappa shape index (κ2) is 13.6. The number of carbonyl (C=O) groups is 2. The van der Waals surface area contributed by atoms with Crippen LogP contribution >= 0.6 is 0 Å². The number of likely N-dealkylation sites (N-methyl/N-ethyl adjacent to an activating group) is 1. The van der Waals surface area contributed by atoms with E-state index >= 15 is 0 Å². The number of sulfonamides is 1. The van der Waals surface area contributed by atoms with Gasteiger partial charge in [-0.1, -0.05) is 74.8 Å². The Morgan fingerprint density at radius 2 is 1.70 bits per heavy atom. The maximum absolute atomic E-state index is 13.3. The first-order valence-corrected chi connectivity index (χ1v) is 15.2. The number of aromatic nitrogens is 1. The Morgan fingerprint density at radius 3 is 2.27 bits per heavy atom. The number of unbranched alkanes of at least 4 members (excludes halogenated alkanes) is 1. The predicted octanol–water partition coefficient (Wildman–Crippen LogP) is 5.44. The molecule has 0 fully saturated rings. The van der Waals surface area contributed by atoms with E-state index in [4.69, 9.17) is 4.52 Å². The first-order valence-electron chi connectivity index (χ1n) is 13.7. The summed E-state index contributed by atoms with van der Waals surface area (Å²) in [5, 5.41) is 6.70. The lowest BCUT2D eigenvalue weighted by Crippen LogP contribution is -2.51. The molecule has 3 rings (SSSR count). The van der Waals surface area contributed by atoms with Crippen LogP contribution in [0.5, 0.6) is 0 Å². The van der Waals surface area contributed by atoms with Crippen LogP contribution in [0, 0.1) is 19.8 Å². The molecule has 2 N–H and O–H groups in total. The van der Waals surface area contributed by atoms with Gasteiger partial charge in [0, 0.05) is 30.6 Å². The van der Waals surface area contributed by atoms with Gasteiger partial charge in [0.05, 0.1) is 4.90 Å². The Labute approximate surface area is 237 Å². The molecular formula is C30H40N4O5S. The number of benzene rings is 2. The lowest BCUT2D eigenvalue weighted by atomic mass is 9.98. The number of amides is 2. The van der Waals surface area contributed by atoms with Crippen molar-refractivity contribution in [1.29, 1.82) is 0 Å². The lowest BCUT2D eigenvalue weighted by Gasteiger charge is -2.33. The van der Waals surface area contributed by atoms with Gasteiger partial charge in [0.15, 0.2) is 5.82 Å². The predicted molar refractivity (Wildman–Crippen MR) is 156 cm³/mol. The second-order valence-corrected chi connectivity index (χ2v) is 11.9. The molecule has 0 aliphatic carbocycles. The average molecular weight is 569 g/mol. The van der Waals surface area contributed by atoms with Crippen molar-refractivity contribution in [2.75, 3.05) is 11.3 Å². The lowest BCUT2D eigenvalue weighted by molar-refractivity contribution is -0.143. The first kappa shape index (κ1) is 30.9. The Balaban J connectivity index is 1.91. The summed E-state index contributed by atoms with van der Waals surface area (Å²) in [6.45, 7) is 12.0. The maximum Gasteiger partial charge on any atom is 0.263 e. The van der Waals surface area contributed by atoms with Gasteiger partial charge in [-0.3, -0.25) is 14.3 Å². The van der Waals surface area contributed by atoms with Crippen LogP contribution in [0.4, 0.5) is 5.82 Å².